The average Bonchev–Trinajstić information content (AvgIpc) is 2.52. The number of piperidine rings is 1. The van der Waals surface area contributed by atoms with E-state index in [1.165, 1.54) is 11.1 Å². The van der Waals surface area contributed by atoms with Crippen LogP contribution in [0.2, 0.25) is 0 Å². The molecule has 0 spiro atoms. The summed E-state index contributed by atoms with van der Waals surface area (Å²) in [5.74, 6) is 0.494. The molecule has 1 aromatic rings. The van der Waals surface area contributed by atoms with Crippen molar-refractivity contribution in [2.45, 2.75) is 40.2 Å². The summed E-state index contributed by atoms with van der Waals surface area (Å²) in [5, 5.41) is 0. The minimum absolute atomic E-state index is 0.183. The van der Waals surface area contributed by atoms with E-state index in [4.69, 9.17) is 0 Å². The summed E-state index contributed by atoms with van der Waals surface area (Å²) < 4.78 is 0. The van der Waals surface area contributed by atoms with E-state index in [0.29, 0.717) is 12.5 Å². The lowest BCUT2D eigenvalue weighted by atomic mass is 9.94. The number of amides is 1. The molecule has 1 aromatic carbocycles. The maximum Gasteiger partial charge on any atom is 0.226 e. The molecule has 2 rings (SSSR count). The molecule has 3 heteroatoms. The topological polar surface area (TPSA) is 23.6 Å². The highest BCUT2D eigenvalue weighted by molar-refractivity contribution is 5.79. The summed E-state index contributed by atoms with van der Waals surface area (Å²) >= 11 is 0. The third-order valence-electron chi connectivity index (χ3n) is 4.58. The molecular formula is C20H30N2O. The van der Waals surface area contributed by atoms with Crippen LogP contribution in [0.4, 0.5) is 0 Å². The molecule has 23 heavy (non-hydrogen) atoms. The molecule has 0 unspecified atom stereocenters. The first-order chi connectivity index (χ1) is 11.0. The zero-order chi connectivity index (χ0) is 16.8. The van der Waals surface area contributed by atoms with Gasteiger partial charge >= 0.3 is 0 Å². The standard InChI is InChI=1S/C20H30N2O/c1-5-22(14-16(2)3)20(23)19-9-11-21(12-10-19)15-18-8-6-7-17(4)13-18/h6-8,13,19H,2,5,9-12,14-15H2,1,3-4H3. The number of likely N-dealkylation sites (tertiary alicyclic amines) is 1. The summed E-state index contributed by atoms with van der Waals surface area (Å²) in [7, 11) is 0. The van der Waals surface area contributed by atoms with Crippen molar-refractivity contribution < 1.29 is 4.79 Å². The summed E-state index contributed by atoms with van der Waals surface area (Å²) in [4.78, 5) is 17.1. The molecule has 1 aliphatic rings. The lowest BCUT2D eigenvalue weighted by Crippen LogP contribution is -2.42. The van der Waals surface area contributed by atoms with Crippen LogP contribution in [0.15, 0.2) is 36.4 Å². The van der Waals surface area contributed by atoms with Crippen LogP contribution >= 0.6 is 0 Å². The van der Waals surface area contributed by atoms with E-state index in [9.17, 15) is 4.79 Å². The zero-order valence-electron chi connectivity index (χ0n) is 14.8. The molecule has 3 nitrogen and oxygen atoms in total. The Labute approximate surface area is 141 Å². The molecule has 0 saturated carbocycles. The number of rotatable bonds is 6. The van der Waals surface area contributed by atoms with E-state index in [-0.39, 0.29) is 5.92 Å². The lowest BCUT2D eigenvalue weighted by Gasteiger charge is -2.34. The quantitative estimate of drug-likeness (QED) is 0.749. The number of aryl methyl sites for hydroxylation is 1. The van der Waals surface area contributed by atoms with Crippen molar-refractivity contribution in [1.29, 1.82) is 0 Å². The number of benzene rings is 1. The van der Waals surface area contributed by atoms with Crippen molar-refractivity contribution in [3.63, 3.8) is 0 Å². The monoisotopic (exact) mass is 314 g/mol. The van der Waals surface area contributed by atoms with Crippen LogP contribution in [0.5, 0.6) is 0 Å². The van der Waals surface area contributed by atoms with Crippen molar-refractivity contribution in [2.24, 2.45) is 5.92 Å². The lowest BCUT2D eigenvalue weighted by molar-refractivity contribution is -0.136. The molecule has 1 saturated heterocycles. The Kier molecular flexibility index (Phi) is 6.40. The minimum Gasteiger partial charge on any atom is -0.339 e. The third-order valence-corrected chi connectivity index (χ3v) is 4.58. The van der Waals surface area contributed by atoms with Gasteiger partial charge in [-0.1, -0.05) is 42.0 Å². The van der Waals surface area contributed by atoms with E-state index in [2.05, 4.69) is 42.7 Å². The SMILES string of the molecule is C=C(C)CN(CC)C(=O)C1CCN(Cc2cccc(C)c2)CC1. The number of hydrogen-bond acceptors (Lipinski definition) is 2. The molecule has 1 fully saturated rings. The molecule has 0 bridgehead atoms. The summed E-state index contributed by atoms with van der Waals surface area (Å²) in [6.45, 7) is 14.6. The van der Waals surface area contributed by atoms with Gasteiger partial charge in [-0.25, -0.2) is 0 Å². The normalized spacial score (nSPS) is 16.3. The Morgan fingerprint density at radius 3 is 2.61 bits per heavy atom. The van der Waals surface area contributed by atoms with Crippen molar-refractivity contribution in [2.75, 3.05) is 26.2 Å². The molecule has 1 aliphatic heterocycles. The van der Waals surface area contributed by atoms with Gasteiger partial charge in [-0.15, -0.1) is 0 Å². The van der Waals surface area contributed by atoms with Gasteiger partial charge < -0.3 is 4.90 Å². The van der Waals surface area contributed by atoms with Gasteiger partial charge in [0.15, 0.2) is 0 Å². The highest BCUT2D eigenvalue weighted by Gasteiger charge is 2.27. The van der Waals surface area contributed by atoms with Crippen LogP contribution < -0.4 is 0 Å². The summed E-state index contributed by atoms with van der Waals surface area (Å²) in [6.07, 6.45) is 1.94. The number of hydrogen-bond donors (Lipinski definition) is 0. The smallest absolute Gasteiger partial charge is 0.226 e. The van der Waals surface area contributed by atoms with Gasteiger partial charge in [0, 0.05) is 25.6 Å². The molecular weight excluding hydrogens is 284 g/mol. The van der Waals surface area contributed by atoms with Crippen LogP contribution in [0.1, 0.15) is 37.8 Å². The fourth-order valence-corrected chi connectivity index (χ4v) is 3.34. The second kappa shape index (κ2) is 8.30. The summed E-state index contributed by atoms with van der Waals surface area (Å²) in [6, 6.07) is 8.70. The number of likely N-dealkylation sites (N-methyl/N-ethyl adjacent to an activating group) is 1. The maximum absolute atomic E-state index is 12.6. The van der Waals surface area contributed by atoms with Gasteiger partial charge in [0.05, 0.1) is 0 Å². The van der Waals surface area contributed by atoms with Crippen LogP contribution in [-0.2, 0) is 11.3 Å². The fourth-order valence-electron chi connectivity index (χ4n) is 3.34. The van der Waals surface area contributed by atoms with E-state index in [1.54, 1.807) is 0 Å². The minimum atomic E-state index is 0.183. The summed E-state index contributed by atoms with van der Waals surface area (Å²) in [5.41, 5.74) is 3.73. The zero-order valence-corrected chi connectivity index (χ0v) is 14.8. The molecule has 0 N–H and O–H groups in total. The number of nitrogens with zero attached hydrogens (tertiary/aromatic N) is 2. The molecule has 1 amide bonds. The molecule has 126 valence electrons. The Bertz CT molecular complexity index is 544. The van der Waals surface area contributed by atoms with Gasteiger partial charge in [0.2, 0.25) is 5.91 Å². The van der Waals surface area contributed by atoms with Gasteiger partial charge in [-0.3, -0.25) is 9.69 Å². The largest absolute Gasteiger partial charge is 0.339 e. The van der Waals surface area contributed by atoms with Gasteiger partial charge in [-0.05, 0) is 52.3 Å². The first kappa shape index (κ1) is 17.7. The first-order valence-corrected chi connectivity index (χ1v) is 8.70. The molecule has 0 aromatic heterocycles. The number of carbonyl (C=O) groups is 1. The van der Waals surface area contributed by atoms with Crippen LogP contribution in [0.25, 0.3) is 0 Å². The Balaban J connectivity index is 1.85. The Morgan fingerprint density at radius 2 is 2.04 bits per heavy atom. The van der Waals surface area contributed by atoms with Crippen LogP contribution in [0.3, 0.4) is 0 Å². The van der Waals surface area contributed by atoms with E-state index in [0.717, 1.165) is 44.6 Å². The maximum atomic E-state index is 12.6. The van der Waals surface area contributed by atoms with Crippen LogP contribution in [0, 0.1) is 12.8 Å². The highest BCUT2D eigenvalue weighted by Crippen LogP contribution is 2.21. The average molecular weight is 314 g/mol. The van der Waals surface area contributed by atoms with Gasteiger partial charge in [-0.2, -0.15) is 0 Å². The Hall–Kier alpha value is -1.61. The number of carbonyl (C=O) groups excluding carboxylic acids is 1. The van der Waals surface area contributed by atoms with E-state index < -0.39 is 0 Å². The second-order valence-electron chi connectivity index (χ2n) is 6.85. The van der Waals surface area contributed by atoms with E-state index in [1.807, 2.05) is 18.7 Å². The predicted molar refractivity (Wildman–Crippen MR) is 96.2 cm³/mol. The van der Waals surface area contributed by atoms with Crippen molar-refractivity contribution in [3.05, 3.63) is 47.5 Å². The molecule has 0 radical (unpaired) electrons. The van der Waals surface area contributed by atoms with Crippen molar-refractivity contribution in [3.8, 4) is 0 Å². The third kappa shape index (κ3) is 5.21. The first-order valence-electron chi connectivity index (χ1n) is 8.70. The van der Waals surface area contributed by atoms with Crippen LogP contribution in [-0.4, -0.2) is 41.9 Å². The predicted octanol–water partition coefficient (Wildman–Crippen LogP) is 3.63. The molecule has 0 atom stereocenters. The van der Waals surface area contributed by atoms with Crippen molar-refractivity contribution in [1.82, 2.24) is 9.80 Å². The fraction of sp³-hybridized carbons (Fsp3) is 0.550. The van der Waals surface area contributed by atoms with Crippen molar-refractivity contribution >= 4 is 5.91 Å². The van der Waals surface area contributed by atoms with Gasteiger partial charge in [0.25, 0.3) is 0 Å². The van der Waals surface area contributed by atoms with Gasteiger partial charge in [0.1, 0.15) is 0 Å². The van der Waals surface area contributed by atoms with E-state index >= 15 is 0 Å². The molecule has 1 heterocycles. The molecule has 0 aliphatic carbocycles. The second-order valence-corrected chi connectivity index (χ2v) is 6.85. The highest BCUT2D eigenvalue weighted by atomic mass is 16.2. The Morgan fingerprint density at radius 1 is 1.35 bits per heavy atom.